The van der Waals surface area contributed by atoms with Crippen LogP contribution in [0.15, 0.2) is 36.4 Å². The summed E-state index contributed by atoms with van der Waals surface area (Å²) in [6.45, 7) is 1.99. The lowest BCUT2D eigenvalue weighted by Crippen LogP contribution is -2.13. The summed E-state index contributed by atoms with van der Waals surface area (Å²) in [5.41, 5.74) is 3.60. The number of halogens is 1. The Morgan fingerprint density at radius 1 is 1.25 bits per heavy atom. The summed E-state index contributed by atoms with van der Waals surface area (Å²) >= 11 is 6.26. The summed E-state index contributed by atoms with van der Waals surface area (Å²) in [5, 5.41) is 0.601. The highest BCUT2D eigenvalue weighted by Crippen LogP contribution is 2.62. The van der Waals surface area contributed by atoms with Crippen LogP contribution in [-0.4, -0.2) is 13.1 Å². The number of carbonyl (C=O) groups excluding carboxylic acids is 1. The minimum atomic E-state index is -0.101. The molecule has 2 aliphatic rings. The van der Waals surface area contributed by atoms with Crippen LogP contribution in [-0.2, 0) is 21.4 Å². The molecule has 1 saturated carbocycles. The van der Waals surface area contributed by atoms with Crippen LogP contribution in [0.25, 0.3) is 0 Å². The van der Waals surface area contributed by atoms with Crippen molar-refractivity contribution < 1.29 is 14.3 Å². The van der Waals surface area contributed by atoms with E-state index in [1.807, 2.05) is 31.2 Å². The Labute approximate surface area is 146 Å². The lowest BCUT2D eigenvalue weighted by Gasteiger charge is -2.14. The second kappa shape index (κ2) is 5.52. The Balaban J connectivity index is 1.63. The number of fused-ring (bicyclic) bond motifs is 2. The van der Waals surface area contributed by atoms with Gasteiger partial charge in [-0.3, -0.25) is 4.79 Å². The molecule has 0 amide bonds. The van der Waals surface area contributed by atoms with E-state index in [2.05, 4.69) is 12.1 Å². The van der Waals surface area contributed by atoms with Gasteiger partial charge in [0.05, 0.1) is 18.1 Å². The summed E-state index contributed by atoms with van der Waals surface area (Å²) < 4.78 is 10.9. The number of ether oxygens (including phenoxy) is 2. The van der Waals surface area contributed by atoms with Crippen molar-refractivity contribution in [2.24, 2.45) is 5.92 Å². The van der Waals surface area contributed by atoms with Gasteiger partial charge in [-0.15, -0.1) is 0 Å². The molecule has 0 radical (unpaired) electrons. The lowest BCUT2D eigenvalue weighted by molar-refractivity contribution is -0.142. The van der Waals surface area contributed by atoms with Gasteiger partial charge in [-0.25, -0.2) is 0 Å². The van der Waals surface area contributed by atoms with E-state index in [0.29, 0.717) is 10.8 Å². The summed E-state index contributed by atoms with van der Waals surface area (Å²) in [6, 6.07) is 11.9. The van der Waals surface area contributed by atoms with Crippen LogP contribution in [0.1, 0.15) is 29.5 Å². The molecule has 0 aliphatic heterocycles. The third-order valence-electron chi connectivity index (χ3n) is 5.33. The molecule has 3 nitrogen and oxygen atoms in total. The topological polar surface area (TPSA) is 35.5 Å². The third kappa shape index (κ3) is 2.39. The van der Waals surface area contributed by atoms with Crippen LogP contribution in [0.5, 0.6) is 11.5 Å². The first kappa shape index (κ1) is 15.5. The molecule has 124 valence electrons. The van der Waals surface area contributed by atoms with Crippen molar-refractivity contribution in [1.82, 2.24) is 0 Å². The molecule has 2 aromatic rings. The molecule has 2 atom stereocenters. The van der Waals surface area contributed by atoms with E-state index in [0.717, 1.165) is 30.6 Å². The molecule has 2 aliphatic carbocycles. The molecule has 0 aromatic heterocycles. The van der Waals surface area contributed by atoms with Gasteiger partial charge in [-0.05, 0) is 67.1 Å². The SMILES string of the molecule is COC(=O)[C@@H]1C[C@]12CCc1ccc(Oc3ccc(C)cc3Cl)cc12. The van der Waals surface area contributed by atoms with E-state index in [4.69, 9.17) is 21.1 Å². The van der Waals surface area contributed by atoms with E-state index in [1.165, 1.54) is 18.2 Å². The van der Waals surface area contributed by atoms with Crippen LogP contribution in [0, 0.1) is 12.8 Å². The minimum absolute atomic E-state index is 0.0121. The van der Waals surface area contributed by atoms with Crippen LogP contribution in [0.4, 0.5) is 0 Å². The van der Waals surface area contributed by atoms with E-state index in [-0.39, 0.29) is 17.3 Å². The lowest BCUT2D eigenvalue weighted by atomic mass is 9.95. The second-order valence-corrected chi connectivity index (χ2v) is 7.20. The van der Waals surface area contributed by atoms with Crippen LogP contribution < -0.4 is 4.74 Å². The van der Waals surface area contributed by atoms with Gasteiger partial charge in [0.2, 0.25) is 0 Å². The fraction of sp³-hybridized carbons (Fsp3) is 0.350. The monoisotopic (exact) mass is 342 g/mol. The van der Waals surface area contributed by atoms with E-state index >= 15 is 0 Å². The zero-order valence-electron chi connectivity index (χ0n) is 13.8. The van der Waals surface area contributed by atoms with Crippen molar-refractivity contribution in [2.45, 2.75) is 31.6 Å². The quantitative estimate of drug-likeness (QED) is 0.750. The molecule has 4 heteroatoms. The predicted molar refractivity (Wildman–Crippen MR) is 92.8 cm³/mol. The van der Waals surface area contributed by atoms with Crippen molar-refractivity contribution in [3.63, 3.8) is 0 Å². The molecule has 0 unspecified atom stereocenters. The first-order valence-corrected chi connectivity index (χ1v) is 8.56. The normalized spacial score (nSPS) is 23.9. The molecule has 24 heavy (non-hydrogen) atoms. The number of methoxy groups -OCH3 is 1. The standard InChI is InChI=1S/C20H19ClO3/c1-12-3-6-18(17(21)9-12)24-14-5-4-13-7-8-20(15(13)10-14)11-16(20)19(22)23-2/h3-6,9-10,16H,7-8,11H2,1-2H3/t16-,20-/m0/s1. The molecular weight excluding hydrogens is 324 g/mol. The van der Waals surface area contributed by atoms with Gasteiger partial charge in [0.15, 0.2) is 0 Å². The van der Waals surface area contributed by atoms with Gasteiger partial charge in [0, 0.05) is 5.41 Å². The van der Waals surface area contributed by atoms with Gasteiger partial charge in [-0.2, -0.15) is 0 Å². The summed E-state index contributed by atoms with van der Waals surface area (Å²) in [6.07, 6.45) is 2.90. The number of benzene rings is 2. The molecule has 1 spiro atoms. The number of aryl methyl sites for hydroxylation is 2. The predicted octanol–water partition coefficient (Wildman–Crippen LogP) is 4.82. The molecular formula is C20H19ClO3. The fourth-order valence-electron chi connectivity index (χ4n) is 3.94. The van der Waals surface area contributed by atoms with Crippen LogP contribution >= 0.6 is 11.6 Å². The Bertz CT molecular complexity index is 830. The van der Waals surface area contributed by atoms with Crippen molar-refractivity contribution in [1.29, 1.82) is 0 Å². The van der Waals surface area contributed by atoms with E-state index in [1.54, 1.807) is 0 Å². The number of hydrogen-bond donors (Lipinski definition) is 0. The average Bonchev–Trinajstić information content (AvgIpc) is 3.20. The first-order chi connectivity index (χ1) is 11.5. The maximum atomic E-state index is 11.9. The molecule has 4 rings (SSSR count). The van der Waals surface area contributed by atoms with Crippen LogP contribution in [0.3, 0.4) is 0 Å². The Morgan fingerprint density at radius 3 is 2.83 bits per heavy atom. The number of hydrogen-bond acceptors (Lipinski definition) is 3. The number of rotatable bonds is 3. The van der Waals surface area contributed by atoms with Gasteiger partial charge in [-0.1, -0.05) is 23.7 Å². The van der Waals surface area contributed by atoms with E-state index < -0.39 is 0 Å². The van der Waals surface area contributed by atoms with Crippen LogP contribution in [0.2, 0.25) is 5.02 Å². The van der Waals surface area contributed by atoms with Crippen molar-refractivity contribution in [3.05, 3.63) is 58.1 Å². The molecule has 0 saturated heterocycles. The highest BCUT2D eigenvalue weighted by Gasteiger charge is 2.62. The van der Waals surface area contributed by atoms with Crippen molar-refractivity contribution >= 4 is 17.6 Å². The Kier molecular flexibility index (Phi) is 3.57. The maximum Gasteiger partial charge on any atom is 0.309 e. The number of carbonyl (C=O) groups is 1. The minimum Gasteiger partial charge on any atom is -0.469 e. The number of esters is 1. The Morgan fingerprint density at radius 2 is 2.08 bits per heavy atom. The van der Waals surface area contributed by atoms with Crippen molar-refractivity contribution in [3.8, 4) is 11.5 Å². The summed E-state index contributed by atoms with van der Waals surface area (Å²) in [7, 11) is 1.46. The fourth-order valence-corrected chi connectivity index (χ4v) is 4.21. The largest absolute Gasteiger partial charge is 0.469 e. The maximum absolute atomic E-state index is 11.9. The highest BCUT2D eigenvalue weighted by atomic mass is 35.5. The summed E-state index contributed by atoms with van der Waals surface area (Å²) in [4.78, 5) is 11.9. The Hall–Kier alpha value is -2.00. The highest BCUT2D eigenvalue weighted by molar-refractivity contribution is 6.32. The zero-order valence-corrected chi connectivity index (χ0v) is 14.5. The van der Waals surface area contributed by atoms with Gasteiger partial charge in [0.1, 0.15) is 11.5 Å². The van der Waals surface area contributed by atoms with Gasteiger partial charge < -0.3 is 9.47 Å². The molecule has 1 fully saturated rings. The molecule has 2 aromatic carbocycles. The second-order valence-electron chi connectivity index (χ2n) is 6.79. The van der Waals surface area contributed by atoms with Gasteiger partial charge >= 0.3 is 5.97 Å². The molecule has 0 heterocycles. The third-order valence-corrected chi connectivity index (χ3v) is 5.63. The average molecular weight is 343 g/mol. The van der Waals surface area contributed by atoms with Gasteiger partial charge in [0.25, 0.3) is 0 Å². The van der Waals surface area contributed by atoms with Crippen molar-refractivity contribution in [2.75, 3.05) is 7.11 Å². The molecule has 0 bridgehead atoms. The zero-order chi connectivity index (χ0) is 16.9. The first-order valence-electron chi connectivity index (χ1n) is 8.19. The molecule has 0 N–H and O–H groups in total. The smallest absolute Gasteiger partial charge is 0.309 e. The van der Waals surface area contributed by atoms with E-state index in [9.17, 15) is 4.79 Å². The summed E-state index contributed by atoms with van der Waals surface area (Å²) in [5.74, 6) is 1.29.